The van der Waals surface area contributed by atoms with E-state index in [4.69, 9.17) is 11.6 Å². The maximum absolute atomic E-state index is 14.1. The molecule has 0 aliphatic carbocycles. The zero-order valence-corrected chi connectivity index (χ0v) is 18.1. The molecular formula is C25H21ClF4O2. The number of aliphatic carboxylic acids is 1. The van der Waals surface area contributed by atoms with E-state index in [2.05, 4.69) is 0 Å². The molecule has 168 valence electrons. The van der Waals surface area contributed by atoms with Crippen LogP contribution in [0.25, 0.3) is 22.3 Å². The third-order valence-electron chi connectivity index (χ3n) is 5.16. The fourth-order valence-electron chi connectivity index (χ4n) is 3.56. The van der Waals surface area contributed by atoms with Gasteiger partial charge in [-0.15, -0.1) is 0 Å². The van der Waals surface area contributed by atoms with Crippen LogP contribution in [0.2, 0.25) is 5.02 Å². The largest absolute Gasteiger partial charge is 0.481 e. The Balaban J connectivity index is 2.17. The van der Waals surface area contributed by atoms with Crippen molar-refractivity contribution >= 4 is 17.6 Å². The first-order valence-electron chi connectivity index (χ1n) is 9.96. The molecular weight excluding hydrogens is 444 g/mol. The maximum Gasteiger partial charge on any atom is 0.416 e. The Morgan fingerprint density at radius 2 is 1.47 bits per heavy atom. The number of carboxylic acid groups (broad SMARTS) is 1. The van der Waals surface area contributed by atoms with Gasteiger partial charge in [0.05, 0.1) is 16.5 Å². The van der Waals surface area contributed by atoms with Gasteiger partial charge in [0.25, 0.3) is 0 Å². The van der Waals surface area contributed by atoms with Crippen molar-refractivity contribution in [2.24, 2.45) is 5.92 Å². The topological polar surface area (TPSA) is 37.3 Å². The Hall–Kier alpha value is -2.86. The highest BCUT2D eigenvalue weighted by Gasteiger charge is 2.30. The van der Waals surface area contributed by atoms with Crippen molar-refractivity contribution < 1.29 is 27.5 Å². The van der Waals surface area contributed by atoms with Crippen LogP contribution in [0.4, 0.5) is 17.6 Å². The Morgan fingerprint density at radius 3 is 1.97 bits per heavy atom. The van der Waals surface area contributed by atoms with Gasteiger partial charge < -0.3 is 5.11 Å². The van der Waals surface area contributed by atoms with E-state index in [1.165, 1.54) is 24.3 Å². The first-order chi connectivity index (χ1) is 15.0. The van der Waals surface area contributed by atoms with Crippen LogP contribution in [0.1, 0.15) is 37.3 Å². The van der Waals surface area contributed by atoms with E-state index in [1.807, 2.05) is 13.8 Å². The molecule has 0 aliphatic heterocycles. The van der Waals surface area contributed by atoms with Crippen LogP contribution in [0.5, 0.6) is 0 Å². The summed E-state index contributed by atoms with van der Waals surface area (Å²) in [5, 5.41) is 9.76. The molecule has 3 aromatic carbocycles. The number of alkyl halides is 3. The number of carboxylic acids is 1. The number of benzene rings is 3. The summed E-state index contributed by atoms with van der Waals surface area (Å²) in [6, 6.07) is 13.9. The Labute approximate surface area is 188 Å². The Kier molecular flexibility index (Phi) is 6.94. The summed E-state index contributed by atoms with van der Waals surface area (Å²) in [5.41, 5.74) is 1.77. The molecule has 3 rings (SSSR count). The molecule has 0 saturated carbocycles. The molecule has 1 unspecified atom stereocenters. The average Bonchev–Trinajstić information content (AvgIpc) is 2.73. The van der Waals surface area contributed by atoms with Gasteiger partial charge >= 0.3 is 12.1 Å². The normalized spacial score (nSPS) is 12.8. The van der Waals surface area contributed by atoms with Crippen molar-refractivity contribution in [3.8, 4) is 22.3 Å². The zero-order valence-electron chi connectivity index (χ0n) is 17.4. The van der Waals surface area contributed by atoms with Crippen molar-refractivity contribution in [3.05, 3.63) is 82.6 Å². The minimum atomic E-state index is -4.46. The second kappa shape index (κ2) is 9.33. The number of rotatable bonds is 6. The molecule has 3 aromatic rings. The van der Waals surface area contributed by atoms with Crippen LogP contribution >= 0.6 is 11.6 Å². The molecule has 0 spiro atoms. The van der Waals surface area contributed by atoms with Gasteiger partial charge in [-0.3, -0.25) is 4.79 Å². The van der Waals surface area contributed by atoms with E-state index >= 15 is 0 Å². The summed E-state index contributed by atoms with van der Waals surface area (Å²) in [4.78, 5) is 12.0. The maximum atomic E-state index is 14.1. The molecule has 0 heterocycles. The molecule has 32 heavy (non-hydrogen) atoms. The lowest BCUT2D eigenvalue weighted by Gasteiger charge is -2.18. The summed E-state index contributed by atoms with van der Waals surface area (Å²) in [7, 11) is 0. The summed E-state index contributed by atoms with van der Waals surface area (Å²) >= 11 is 5.78. The predicted octanol–water partition coefficient (Wildman–Crippen LogP) is 8.05. The van der Waals surface area contributed by atoms with Crippen LogP contribution in [0.3, 0.4) is 0 Å². The zero-order chi connectivity index (χ0) is 23.6. The number of halogens is 5. The quantitative estimate of drug-likeness (QED) is 0.375. The van der Waals surface area contributed by atoms with Crippen molar-refractivity contribution in [1.82, 2.24) is 0 Å². The molecule has 0 bridgehead atoms. The van der Waals surface area contributed by atoms with E-state index in [9.17, 15) is 27.5 Å². The smallest absolute Gasteiger partial charge is 0.416 e. The van der Waals surface area contributed by atoms with Crippen molar-refractivity contribution in [3.63, 3.8) is 0 Å². The SMILES string of the molecule is CC(C)CC(C(=O)O)c1cc(-c2ccc(C(F)(F)F)cc2)cc(-c2ccc(Cl)c(F)c2)c1. The third kappa shape index (κ3) is 5.49. The summed E-state index contributed by atoms with van der Waals surface area (Å²) in [6.07, 6.45) is -4.09. The van der Waals surface area contributed by atoms with Gasteiger partial charge in [-0.1, -0.05) is 55.8 Å². The van der Waals surface area contributed by atoms with E-state index in [0.29, 0.717) is 34.2 Å². The molecule has 0 fully saturated rings. The number of carbonyl (C=O) groups is 1. The molecule has 0 radical (unpaired) electrons. The monoisotopic (exact) mass is 464 g/mol. The minimum absolute atomic E-state index is 0.0453. The predicted molar refractivity (Wildman–Crippen MR) is 117 cm³/mol. The lowest BCUT2D eigenvalue weighted by atomic mass is 9.86. The van der Waals surface area contributed by atoms with Gasteiger partial charge in [0.1, 0.15) is 5.82 Å². The molecule has 0 aliphatic rings. The van der Waals surface area contributed by atoms with Gasteiger partial charge in [0.2, 0.25) is 0 Å². The van der Waals surface area contributed by atoms with E-state index in [0.717, 1.165) is 12.1 Å². The third-order valence-corrected chi connectivity index (χ3v) is 5.47. The average molecular weight is 465 g/mol. The minimum Gasteiger partial charge on any atom is -0.481 e. The van der Waals surface area contributed by atoms with Crippen LogP contribution in [-0.2, 0) is 11.0 Å². The van der Waals surface area contributed by atoms with E-state index in [-0.39, 0.29) is 10.9 Å². The van der Waals surface area contributed by atoms with E-state index in [1.54, 1.807) is 24.3 Å². The van der Waals surface area contributed by atoms with Gasteiger partial charge in [0.15, 0.2) is 0 Å². The van der Waals surface area contributed by atoms with E-state index < -0.39 is 29.4 Å². The molecule has 0 amide bonds. The Morgan fingerprint density at radius 1 is 0.906 bits per heavy atom. The number of hydrogen-bond acceptors (Lipinski definition) is 1. The molecule has 1 atom stereocenters. The highest BCUT2D eigenvalue weighted by atomic mass is 35.5. The first-order valence-corrected chi connectivity index (χ1v) is 10.3. The lowest BCUT2D eigenvalue weighted by Crippen LogP contribution is -2.14. The lowest BCUT2D eigenvalue weighted by molar-refractivity contribution is -0.139. The second-order valence-corrected chi connectivity index (χ2v) is 8.48. The molecule has 0 saturated heterocycles. The summed E-state index contributed by atoms with van der Waals surface area (Å²) in [6.45, 7) is 3.82. The highest BCUT2D eigenvalue weighted by molar-refractivity contribution is 6.30. The van der Waals surface area contributed by atoms with Crippen molar-refractivity contribution in [2.75, 3.05) is 0 Å². The van der Waals surface area contributed by atoms with Crippen LogP contribution < -0.4 is 0 Å². The van der Waals surface area contributed by atoms with Crippen LogP contribution in [-0.4, -0.2) is 11.1 Å². The summed E-state index contributed by atoms with van der Waals surface area (Å²) < 4.78 is 52.9. The standard InChI is InChI=1S/C25H21ClF4O2/c1-14(2)9-21(24(31)32)19-11-17(15-3-6-20(7-4-15)25(28,29)30)10-18(12-19)16-5-8-22(26)23(27)13-16/h3-8,10-14,21H,9H2,1-2H3,(H,31,32). The summed E-state index contributed by atoms with van der Waals surface area (Å²) in [5.74, 6) is -2.35. The van der Waals surface area contributed by atoms with Gasteiger partial charge in [-0.2, -0.15) is 13.2 Å². The van der Waals surface area contributed by atoms with Crippen molar-refractivity contribution in [1.29, 1.82) is 0 Å². The molecule has 0 aromatic heterocycles. The van der Waals surface area contributed by atoms with Crippen molar-refractivity contribution in [2.45, 2.75) is 32.4 Å². The van der Waals surface area contributed by atoms with Crippen LogP contribution in [0, 0.1) is 11.7 Å². The first kappa shape index (κ1) is 23.8. The fraction of sp³-hybridized carbons (Fsp3) is 0.240. The molecule has 1 N–H and O–H groups in total. The fourth-order valence-corrected chi connectivity index (χ4v) is 3.68. The van der Waals surface area contributed by atoms with Gasteiger partial charge in [-0.05, 0) is 70.5 Å². The second-order valence-electron chi connectivity index (χ2n) is 8.07. The van der Waals surface area contributed by atoms with Gasteiger partial charge in [-0.25, -0.2) is 4.39 Å². The molecule has 2 nitrogen and oxygen atoms in total. The molecule has 7 heteroatoms. The Bertz CT molecular complexity index is 1120. The van der Waals surface area contributed by atoms with Crippen LogP contribution in [0.15, 0.2) is 60.7 Å². The highest BCUT2D eigenvalue weighted by Crippen LogP contribution is 2.36. The number of hydrogen-bond donors (Lipinski definition) is 1. The van der Waals surface area contributed by atoms with Gasteiger partial charge in [0, 0.05) is 0 Å².